The summed E-state index contributed by atoms with van der Waals surface area (Å²) in [6.45, 7) is 5.68. The fourth-order valence-corrected chi connectivity index (χ4v) is 1.96. The van der Waals surface area contributed by atoms with Gasteiger partial charge in [-0.05, 0) is 25.0 Å². The smallest absolute Gasteiger partial charge is 0.235 e. The summed E-state index contributed by atoms with van der Waals surface area (Å²) in [4.78, 5) is 16.4. The third kappa shape index (κ3) is 3.78. The number of nitrogens with two attached hydrogens (primary N) is 1. The number of anilines is 1. The number of nitrogens with one attached hydrogen (secondary N) is 1. The molecule has 5 heteroatoms. The van der Waals surface area contributed by atoms with Gasteiger partial charge in [0.2, 0.25) is 5.91 Å². The highest BCUT2D eigenvalue weighted by Gasteiger charge is 2.25. The van der Waals surface area contributed by atoms with Gasteiger partial charge in [-0.25, -0.2) is 4.98 Å². The van der Waals surface area contributed by atoms with Gasteiger partial charge < -0.3 is 11.1 Å². The predicted molar refractivity (Wildman–Crippen MR) is 72.7 cm³/mol. The van der Waals surface area contributed by atoms with Gasteiger partial charge in [0.15, 0.2) is 0 Å². The van der Waals surface area contributed by atoms with Gasteiger partial charge in [0.1, 0.15) is 5.82 Å². The maximum absolute atomic E-state index is 12.0. The van der Waals surface area contributed by atoms with Crippen LogP contribution in [0.25, 0.3) is 0 Å². The summed E-state index contributed by atoms with van der Waals surface area (Å²) in [5.74, 6) is -0.0767. The molecule has 0 saturated carbocycles. The Balaban J connectivity index is 2.81. The minimum Gasteiger partial charge on any atom is -0.393 e. The van der Waals surface area contributed by atoms with Gasteiger partial charge in [-0.15, -0.1) is 0 Å². The molecule has 17 heavy (non-hydrogen) atoms. The van der Waals surface area contributed by atoms with E-state index >= 15 is 0 Å². The summed E-state index contributed by atoms with van der Waals surface area (Å²) in [6, 6.07) is 5.44. The molecule has 0 aliphatic heterocycles. The van der Waals surface area contributed by atoms with E-state index in [1.165, 1.54) is 0 Å². The molecular formula is C12H17N3OS. The fraction of sp³-hybridized carbons (Fsp3) is 0.417. The molecule has 1 heterocycles. The first-order chi connectivity index (χ1) is 7.91. The Morgan fingerprint density at radius 1 is 1.47 bits per heavy atom. The Morgan fingerprint density at radius 2 is 2.12 bits per heavy atom. The molecule has 0 aliphatic rings. The molecule has 1 amide bonds. The summed E-state index contributed by atoms with van der Waals surface area (Å²) in [5.41, 5.74) is 6.42. The average molecular weight is 251 g/mol. The maximum atomic E-state index is 12.0. The number of nitrogens with zero attached hydrogens (tertiary/aromatic N) is 1. The molecule has 0 bridgehead atoms. The van der Waals surface area contributed by atoms with Crippen molar-refractivity contribution in [1.29, 1.82) is 0 Å². The maximum Gasteiger partial charge on any atom is 0.235 e. The van der Waals surface area contributed by atoms with E-state index in [1.807, 2.05) is 32.9 Å². The van der Waals surface area contributed by atoms with Crippen molar-refractivity contribution in [2.75, 3.05) is 5.32 Å². The van der Waals surface area contributed by atoms with E-state index in [0.29, 0.717) is 5.82 Å². The van der Waals surface area contributed by atoms with Crippen LogP contribution in [0, 0.1) is 18.8 Å². The number of aryl methyl sites for hydroxylation is 1. The van der Waals surface area contributed by atoms with Crippen LogP contribution in [0.3, 0.4) is 0 Å². The number of aromatic nitrogens is 1. The Kier molecular flexibility index (Phi) is 4.57. The number of carbonyl (C=O) groups excluding carboxylic acids is 1. The van der Waals surface area contributed by atoms with Crippen LogP contribution in [0.1, 0.15) is 19.5 Å². The van der Waals surface area contributed by atoms with Crippen molar-refractivity contribution >= 4 is 28.9 Å². The molecule has 1 aromatic rings. The Bertz CT molecular complexity index is 432. The molecule has 0 radical (unpaired) electrons. The number of hydrogen-bond donors (Lipinski definition) is 2. The van der Waals surface area contributed by atoms with Gasteiger partial charge in [0.05, 0.1) is 10.9 Å². The van der Waals surface area contributed by atoms with Gasteiger partial charge in [-0.3, -0.25) is 4.79 Å². The lowest BCUT2D eigenvalue weighted by Gasteiger charge is -2.18. The van der Waals surface area contributed by atoms with Crippen LogP contribution in [-0.4, -0.2) is 15.9 Å². The van der Waals surface area contributed by atoms with Gasteiger partial charge >= 0.3 is 0 Å². The molecular weight excluding hydrogens is 234 g/mol. The zero-order valence-electron chi connectivity index (χ0n) is 10.2. The quantitative estimate of drug-likeness (QED) is 0.802. The summed E-state index contributed by atoms with van der Waals surface area (Å²) in [5, 5.41) is 2.73. The van der Waals surface area contributed by atoms with Gasteiger partial charge in [-0.2, -0.15) is 0 Å². The van der Waals surface area contributed by atoms with E-state index in [4.69, 9.17) is 18.0 Å². The van der Waals surface area contributed by atoms with Crippen LogP contribution in [0.4, 0.5) is 5.82 Å². The van der Waals surface area contributed by atoms with E-state index in [-0.39, 0.29) is 16.8 Å². The van der Waals surface area contributed by atoms with Gasteiger partial charge in [0, 0.05) is 5.69 Å². The molecule has 3 N–H and O–H groups in total. The SMILES string of the molecule is Cc1cccc(NC(=O)C(C(N)=S)C(C)C)n1. The predicted octanol–water partition coefficient (Wildman–Crippen LogP) is 1.89. The summed E-state index contributed by atoms with van der Waals surface area (Å²) < 4.78 is 0. The molecule has 92 valence electrons. The highest BCUT2D eigenvalue weighted by Crippen LogP contribution is 2.14. The summed E-state index contributed by atoms with van der Waals surface area (Å²) >= 11 is 4.91. The lowest BCUT2D eigenvalue weighted by molar-refractivity contribution is -0.118. The number of pyridine rings is 1. The van der Waals surface area contributed by atoms with E-state index in [0.717, 1.165) is 5.69 Å². The van der Waals surface area contributed by atoms with Gasteiger partial charge in [-0.1, -0.05) is 32.1 Å². The second kappa shape index (κ2) is 5.72. The third-order valence-electron chi connectivity index (χ3n) is 2.40. The number of rotatable bonds is 4. The molecule has 0 aliphatic carbocycles. The van der Waals surface area contributed by atoms with Crippen molar-refractivity contribution in [3.63, 3.8) is 0 Å². The largest absolute Gasteiger partial charge is 0.393 e. The Labute approximate surface area is 107 Å². The van der Waals surface area contributed by atoms with Crippen LogP contribution in [-0.2, 0) is 4.79 Å². The molecule has 1 rings (SSSR count). The van der Waals surface area contributed by atoms with Crippen molar-refractivity contribution in [3.05, 3.63) is 23.9 Å². The molecule has 0 spiro atoms. The van der Waals surface area contributed by atoms with Crippen LogP contribution in [0.2, 0.25) is 0 Å². The van der Waals surface area contributed by atoms with Crippen LogP contribution >= 0.6 is 12.2 Å². The summed E-state index contributed by atoms with van der Waals surface area (Å²) in [7, 11) is 0. The van der Waals surface area contributed by atoms with E-state index < -0.39 is 5.92 Å². The lowest BCUT2D eigenvalue weighted by Crippen LogP contribution is -2.36. The van der Waals surface area contributed by atoms with Crippen LogP contribution in [0.15, 0.2) is 18.2 Å². The number of hydrogen-bond acceptors (Lipinski definition) is 3. The molecule has 1 atom stereocenters. The monoisotopic (exact) mass is 251 g/mol. The average Bonchev–Trinajstić information content (AvgIpc) is 2.15. The fourth-order valence-electron chi connectivity index (χ4n) is 1.58. The van der Waals surface area contributed by atoms with Crippen molar-refractivity contribution < 1.29 is 4.79 Å². The first-order valence-corrected chi connectivity index (χ1v) is 5.86. The molecule has 1 unspecified atom stereocenters. The highest BCUT2D eigenvalue weighted by atomic mass is 32.1. The van der Waals surface area contributed by atoms with Gasteiger partial charge in [0.25, 0.3) is 0 Å². The Hall–Kier alpha value is -1.49. The number of amides is 1. The number of carbonyl (C=O) groups is 1. The van der Waals surface area contributed by atoms with Crippen molar-refractivity contribution in [1.82, 2.24) is 4.98 Å². The lowest BCUT2D eigenvalue weighted by atomic mass is 9.95. The molecule has 4 nitrogen and oxygen atoms in total. The second-order valence-electron chi connectivity index (χ2n) is 4.28. The highest BCUT2D eigenvalue weighted by molar-refractivity contribution is 7.80. The zero-order valence-corrected chi connectivity index (χ0v) is 11.0. The van der Waals surface area contributed by atoms with Crippen LogP contribution < -0.4 is 11.1 Å². The third-order valence-corrected chi connectivity index (χ3v) is 2.65. The Morgan fingerprint density at radius 3 is 2.59 bits per heavy atom. The molecule has 0 fully saturated rings. The summed E-state index contributed by atoms with van der Waals surface area (Å²) in [6.07, 6.45) is 0. The molecule has 0 saturated heterocycles. The number of thiocarbonyl (C=S) groups is 1. The van der Waals surface area contributed by atoms with E-state index in [9.17, 15) is 4.79 Å². The molecule has 1 aromatic heterocycles. The standard InChI is InChI=1S/C12H17N3OS/c1-7(2)10(11(13)17)12(16)15-9-6-4-5-8(3)14-9/h4-7,10H,1-3H3,(H2,13,17)(H,14,15,16). The van der Waals surface area contributed by atoms with Crippen molar-refractivity contribution in [2.45, 2.75) is 20.8 Å². The van der Waals surface area contributed by atoms with E-state index in [2.05, 4.69) is 10.3 Å². The van der Waals surface area contributed by atoms with Crippen LogP contribution in [0.5, 0.6) is 0 Å². The van der Waals surface area contributed by atoms with Crippen molar-refractivity contribution in [3.8, 4) is 0 Å². The molecule has 0 aromatic carbocycles. The topological polar surface area (TPSA) is 68.0 Å². The minimum absolute atomic E-state index is 0.0670. The minimum atomic E-state index is -0.465. The first kappa shape index (κ1) is 13.6. The zero-order chi connectivity index (χ0) is 13.0. The normalized spacial score (nSPS) is 12.2. The second-order valence-corrected chi connectivity index (χ2v) is 4.75. The van der Waals surface area contributed by atoms with E-state index in [1.54, 1.807) is 6.07 Å². The first-order valence-electron chi connectivity index (χ1n) is 5.45. The van der Waals surface area contributed by atoms with Crippen molar-refractivity contribution in [2.24, 2.45) is 17.6 Å².